The van der Waals surface area contributed by atoms with Crippen LogP contribution >= 0.6 is 0 Å². The van der Waals surface area contributed by atoms with Crippen molar-refractivity contribution in [1.29, 1.82) is 0 Å². The van der Waals surface area contributed by atoms with Crippen LogP contribution in [-0.2, 0) is 12.8 Å². The third kappa shape index (κ3) is 5.26. The SMILES string of the molecule is CC(C)Oc1ccncc1COc1ccc(-c2cc(C(N)=O)c(=O)[nH]c2C(F)(F)F)cc1. The number of ether oxygens (including phenoxy) is 2. The van der Waals surface area contributed by atoms with E-state index in [1.165, 1.54) is 24.3 Å². The number of H-pyrrole nitrogens is 1. The van der Waals surface area contributed by atoms with Crippen molar-refractivity contribution in [2.45, 2.75) is 32.7 Å². The van der Waals surface area contributed by atoms with Gasteiger partial charge in [-0.2, -0.15) is 13.2 Å². The minimum absolute atomic E-state index is 0.0409. The number of primary amides is 1. The smallest absolute Gasteiger partial charge is 0.431 e. The Balaban J connectivity index is 1.87. The average molecular weight is 447 g/mol. The van der Waals surface area contributed by atoms with Crippen LogP contribution in [0.15, 0.2) is 53.6 Å². The van der Waals surface area contributed by atoms with E-state index in [1.807, 2.05) is 13.8 Å². The van der Waals surface area contributed by atoms with Crippen LogP contribution in [0.5, 0.6) is 11.5 Å². The van der Waals surface area contributed by atoms with Gasteiger partial charge in [0.15, 0.2) is 0 Å². The van der Waals surface area contributed by atoms with Gasteiger partial charge in [0.25, 0.3) is 11.5 Å². The molecule has 7 nitrogen and oxygen atoms in total. The van der Waals surface area contributed by atoms with Gasteiger partial charge < -0.3 is 20.2 Å². The summed E-state index contributed by atoms with van der Waals surface area (Å²) in [6.07, 6.45) is -1.68. The van der Waals surface area contributed by atoms with E-state index >= 15 is 0 Å². The molecule has 0 fully saturated rings. The van der Waals surface area contributed by atoms with E-state index in [-0.39, 0.29) is 23.8 Å². The number of benzene rings is 1. The summed E-state index contributed by atoms with van der Waals surface area (Å²) in [7, 11) is 0. The zero-order valence-corrected chi connectivity index (χ0v) is 17.2. The summed E-state index contributed by atoms with van der Waals surface area (Å²) < 4.78 is 51.7. The number of pyridine rings is 2. The molecule has 0 bridgehead atoms. The maximum Gasteiger partial charge on any atom is 0.431 e. The Kier molecular flexibility index (Phi) is 6.52. The van der Waals surface area contributed by atoms with Crippen LogP contribution in [0.3, 0.4) is 0 Å². The lowest BCUT2D eigenvalue weighted by Gasteiger charge is -2.15. The summed E-state index contributed by atoms with van der Waals surface area (Å²) in [4.78, 5) is 29.0. The van der Waals surface area contributed by atoms with Gasteiger partial charge in [-0.1, -0.05) is 12.1 Å². The lowest BCUT2D eigenvalue weighted by Crippen LogP contribution is -2.27. The van der Waals surface area contributed by atoms with Gasteiger partial charge in [-0.3, -0.25) is 14.6 Å². The van der Waals surface area contributed by atoms with Crippen molar-refractivity contribution in [3.05, 3.63) is 76.0 Å². The van der Waals surface area contributed by atoms with Gasteiger partial charge in [0, 0.05) is 23.5 Å². The predicted octanol–water partition coefficient (Wildman–Crippen LogP) is 3.92. The fourth-order valence-electron chi connectivity index (χ4n) is 2.95. The number of nitrogens with one attached hydrogen (secondary N) is 1. The van der Waals surface area contributed by atoms with E-state index in [1.54, 1.807) is 23.4 Å². The second-order valence-corrected chi connectivity index (χ2v) is 7.13. The number of carbonyl (C=O) groups excluding carboxylic acids is 1. The molecule has 3 N–H and O–H groups in total. The van der Waals surface area contributed by atoms with Crippen molar-refractivity contribution >= 4 is 5.91 Å². The number of nitrogens with zero attached hydrogens (tertiary/aromatic N) is 1. The number of amides is 1. The molecule has 0 spiro atoms. The summed E-state index contributed by atoms with van der Waals surface area (Å²) in [6, 6.07) is 8.28. The Hall–Kier alpha value is -3.82. The van der Waals surface area contributed by atoms with Gasteiger partial charge in [-0.25, -0.2) is 0 Å². The first-order valence-electron chi connectivity index (χ1n) is 9.53. The van der Waals surface area contributed by atoms with Gasteiger partial charge in [0.2, 0.25) is 0 Å². The number of hydrogen-bond acceptors (Lipinski definition) is 5. The minimum atomic E-state index is -4.84. The number of halogens is 3. The average Bonchev–Trinajstić information content (AvgIpc) is 2.72. The molecule has 1 amide bonds. The standard InChI is InChI=1S/C22H20F3N3O4/c1-12(2)32-18-7-8-27-10-14(18)11-31-15-5-3-13(4-6-15)16-9-17(20(26)29)21(30)28-19(16)22(23,24)25/h3-10,12H,11H2,1-2H3,(H2,26,29)(H,28,30). The Morgan fingerprint density at radius 3 is 2.47 bits per heavy atom. The molecule has 1 aromatic carbocycles. The highest BCUT2D eigenvalue weighted by Crippen LogP contribution is 2.36. The summed E-state index contributed by atoms with van der Waals surface area (Å²) in [5.41, 5.74) is 2.51. The van der Waals surface area contributed by atoms with Gasteiger partial charge in [0.1, 0.15) is 29.4 Å². The van der Waals surface area contributed by atoms with E-state index in [0.717, 1.165) is 6.07 Å². The number of aromatic amines is 1. The number of aromatic nitrogens is 2. The quantitative estimate of drug-likeness (QED) is 0.571. The van der Waals surface area contributed by atoms with Crippen molar-refractivity contribution in [2.24, 2.45) is 5.73 Å². The first-order valence-corrected chi connectivity index (χ1v) is 9.53. The molecule has 0 aliphatic rings. The lowest BCUT2D eigenvalue weighted by atomic mass is 10.0. The molecule has 0 aliphatic heterocycles. The van der Waals surface area contributed by atoms with Crippen LogP contribution in [0.25, 0.3) is 11.1 Å². The van der Waals surface area contributed by atoms with Crippen LogP contribution in [0.1, 0.15) is 35.5 Å². The molecule has 2 aromatic heterocycles. The highest BCUT2D eigenvalue weighted by molar-refractivity contribution is 5.94. The van der Waals surface area contributed by atoms with Gasteiger partial charge in [-0.15, -0.1) is 0 Å². The third-order valence-electron chi connectivity index (χ3n) is 4.37. The van der Waals surface area contributed by atoms with Crippen LogP contribution in [0.2, 0.25) is 0 Å². The maximum absolute atomic E-state index is 13.4. The molecule has 0 aliphatic carbocycles. The zero-order chi connectivity index (χ0) is 23.5. The molecule has 0 atom stereocenters. The van der Waals surface area contributed by atoms with Crippen molar-refractivity contribution in [3.63, 3.8) is 0 Å². The van der Waals surface area contributed by atoms with Crippen molar-refractivity contribution in [3.8, 4) is 22.6 Å². The van der Waals surface area contributed by atoms with Crippen LogP contribution < -0.4 is 20.8 Å². The van der Waals surface area contributed by atoms with Gasteiger partial charge >= 0.3 is 6.18 Å². The fraction of sp³-hybridized carbons (Fsp3) is 0.227. The largest absolute Gasteiger partial charge is 0.490 e. The molecule has 3 rings (SSSR count). The number of hydrogen-bond donors (Lipinski definition) is 2. The number of nitrogens with two attached hydrogens (primary N) is 1. The molecule has 2 heterocycles. The van der Waals surface area contributed by atoms with Gasteiger partial charge in [-0.05, 0) is 43.7 Å². The van der Waals surface area contributed by atoms with Gasteiger partial charge in [0.05, 0.1) is 6.10 Å². The topological polar surface area (TPSA) is 107 Å². The minimum Gasteiger partial charge on any atom is -0.490 e. The van der Waals surface area contributed by atoms with E-state index in [0.29, 0.717) is 17.1 Å². The predicted molar refractivity (Wildman–Crippen MR) is 110 cm³/mol. The van der Waals surface area contributed by atoms with Crippen molar-refractivity contribution < 1.29 is 27.4 Å². The fourth-order valence-corrected chi connectivity index (χ4v) is 2.95. The molecular weight excluding hydrogens is 427 g/mol. The Labute approximate surface area is 181 Å². The van der Waals surface area contributed by atoms with E-state index in [4.69, 9.17) is 15.2 Å². The number of carbonyl (C=O) groups is 1. The summed E-state index contributed by atoms with van der Waals surface area (Å²) >= 11 is 0. The van der Waals surface area contributed by atoms with E-state index in [2.05, 4.69) is 4.98 Å². The Morgan fingerprint density at radius 1 is 1.19 bits per heavy atom. The van der Waals surface area contributed by atoms with Crippen LogP contribution in [0, 0.1) is 0 Å². The highest BCUT2D eigenvalue weighted by Gasteiger charge is 2.36. The van der Waals surface area contributed by atoms with Crippen LogP contribution in [-0.4, -0.2) is 22.0 Å². The molecule has 168 valence electrons. The summed E-state index contributed by atoms with van der Waals surface area (Å²) in [6.45, 7) is 3.91. The monoisotopic (exact) mass is 447 g/mol. The maximum atomic E-state index is 13.4. The second kappa shape index (κ2) is 9.13. The first kappa shape index (κ1) is 22.9. The molecule has 0 saturated heterocycles. The van der Waals surface area contributed by atoms with Crippen molar-refractivity contribution in [1.82, 2.24) is 9.97 Å². The van der Waals surface area contributed by atoms with Crippen LogP contribution in [0.4, 0.5) is 13.2 Å². The second-order valence-electron chi connectivity index (χ2n) is 7.13. The normalized spacial score (nSPS) is 11.4. The first-order chi connectivity index (χ1) is 15.1. The zero-order valence-electron chi connectivity index (χ0n) is 17.2. The molecule has 0 unspecified atom stereocenters. The molecular formula is C22H20F3N3O4. The lowest BCUT2D eigenvalue weighted by molar-refractivity contribution is -0.140. The van der Waals surface area contributed by atoms with E-state index in [9.17, 15) is 22.8 Å². The van der Waals surface area contributed by atoms with Crippen molar-refractivity contribution in [2.75, 3.05) is 0 Å². The number of rotatable bonds is 7. The van der Waals surface area contributed by atoms with E-state index < -0.39 is 28.9 Å². The molecule has 0 saturated carbocycles. The molecule has 32 heavy (non-hydrogen) atoms. The molecule has 10 heteroatoms. The Bertz CT molecular complexity index is 1170. The molecule has 0 radical (unpaired) electrons. The molecule has 3 aromatic rings. The summed E-state index contributed by atoms with van der Waals surface area (Å²) in [5, 5.41) is 0. The number of alkyl halides is 3. The Morgan fingerprint density at radius 2 is 1.88 bits per heavy atom. The highest BCUT2D eigenvalue weighted by atomic mass is 19.4. The summed E-state index contributed by atoms with van der Waals surface area (Å²) in [5.74, 6) is -0.119. The third-order valence-corrected chi connectivity index (χ3v) is 4.37.